The molecule has 1 aromatic carbocycles. The molecule has 2 aromatic rings. The Kier molecular flexibility index (Phi) is 2.77. The number of hydrogen-bond donors (Lipinski definition) is 1. The Bertz CT molecular complexity index is 500. The topological polar surface area (TPSA) is 78.1 Å². The van der Waals surface area contributed by atoms with E-state index in [1.54, 1.807) is 24.3 Å². The van der Waals surface area contributed by atoms with Gasteiger partial charge >= 0.3 is 0 Å². The van der Waals surface area contributed by atoms with Crippen LogP contribution in [0.25, 0.3) is 0 Å². The number of rotatable bonds is 3. The van der Waals surface area contributed by atoms with Crippen LogP contribution in [0.3, 0.4) is 0 Å². The van der Waals surface area contributed by atoms with E-state index in [0.717, 1.165) is 0 Å². The van der Waals surface area contributed by atoms with Crippen molar-refractivity contribution in [3.05, 3.63) is 48.5 Å². The first-order chi connectivity index (χ1) is 7.77. The summed E-state index contributed by atoms with van der Waals surface area (Å²) < 4.78 is 5.44. The van der Waals surface area contributed by atoms with Gasteiger partial charge in [0.25, 0.3) is 5.91 Å². The molecule has 0 fully saturated rings. The second-order valence-electron chi connectivity index (χ2n) is 3.04. The van der Waals surface area contributed by atoms with Gasteiger partial charge in [-0.15, -0.1) is 0 Å². The molecular weight excluding hydrogens is 206 g/mol. The predicted molar refractivity (Wildman–Crippen MR) is 57.1 cm³/mol. The van der Waals surface area contributed by atoms with Crippen LogP contribution in [0.1, 0.15) is 10.4 Å². The summed E-state index contributed by atoms with van der Waals surface area (Å²) in [6.07, 6.45) is 4.41. The van der Waals surface area contributed by atoms with Crippen LogP contribution < -0.4 is 10.5 Å². The fourth-order valence-corrected chi connectivity index (χ4v) is 1.22. The van der Waals surface area contributed by atoms with Gasteiger partial charge in [0.15, 0.2) is 5.75 Å². The highest BCUT2D eigenvalue weighted by Gasteiger charge is 2.08. The molecule has 0 saturated carbocycles. The molecule has 0 atom stereocenters. The number of carbonyl (C=O) groups is 1. The Hall–Kier alpha value is -2.43. The zero-order chi connectivity index (χ0) is 11.4. The molecule has 2 N–H and O–H groups in total. The van der Waals surface area contributed by atoms with Gasteiger partial charge in [-0.2, -0.15) is 0 Å². The largest absolute Gasteiger partial charge is 0.453 e. The summed E-state index contributed by atoms with van der Waals surface area (Å²) in [5, 5.41) is 0. The summed E-state index contributed by atoms with van der Waals surface area (Å²) in [6, 6.07) is 6.73. The van der Waals surface area contributed by atoms with E-state index in [1.165, 1.54) is 18.7 Å². The summed E-state index contributed by atoms with van der Waals surface area (Å²) in [7, 11) is 0. The number of primary amides is 1. The number of ether oxygens (including phenoxy) is 1. The van der Waals surface area contributed by atoms with Crippen molar-refractivity contribution in [2.75, 3.05) is 0 Å². The number of hydrogen-bond acceptors (Lipinski definition) is 4. The lowest BCUT2D eigenvalue weighted by Gasteiger charge is -2.07. The van der Waals surface area contributed by atoms with Crippen LogP contribution in [-0.4, -0.2) is 15.9 Å². The lowest BCUT2D eigenvalue weighted by atomic mass is 10.2. The Balaban J connectivity index is 2.31. The molecule has 1 heterocycles. The van der Waals surface area contributed by atoms with Crippen molar-refractivity contribution in [3.8, 4) is 11.5 Å². The zero-order valence-corrected chi connectivity index (χ0v) is 8.33. The van der Waals surface area contributed by atoms with E-state index in [9.17, 15) is 4.79 Å². The molecule has 2 rings (SSSR count). The normalized spacial score (nSPS) is 9.75. The molecule has 0 aliphatic heterocycles. The Morgan fingerprint density at radius 1 is 1.19 bits per heavy atom. The molecule has 1 aromatic heterocycles. The number of nitrogens with two attached hydrogens (primary N) is 1. The summed E-state index contributed by atoms with van der Waals surface area (Å²) in [5.41, 5.74) is 5.54. The van der Waals surface area contributed by atoms with Gasteiger partial charge in [-0.25, -0.2) is 9.97 Å². The molecule has 0 unspecified atom stereocenters. The number of benzene rings is 1. The molecule has 0 aliphatic rings. The van der Waals surface area contributed by atoms with E-state index < -0.39 is 5.91 Å². The monoisotopic (exact) mass is 215 g/mol. The highest BCUT2D eigenvalue weighted by atomic mass is 16.5. The first-order valence-corrected chi connectivity index (χ1v) is 4.59. The van der Waals surface area contributed by atoms with E-state index >= 15 is 0 Å². The maximum atomic E-state index is 11.1. The maximum absolute atomic E-state index is 11.1. The zero-order valence-electron chi connectivity index (χ0n) is 8.33. The molecule has 16 heavy (non-hydrogen) atoms. The highest BCUT2D eigenvalue weighted by molar-refractivity contribution is 5.95. The summed E-state index contributed by atoms with van der Waals surface area (Å²) in [6.45, 7) is 0. The third-order valence-electron chi connectivity index (χ3n) is 1.92. The van der Waals surface area contributed by atoms with E-state index in [1.807, 2.05) is 0 Å². The minimum atomic E-state index is -0.535. The van der Waals surface area contributed by atoms with Crippen molar-refractivity contribution in [1.82, 2.24) is 9.97 Å². The number of amides is 1. The average Bonchev–Trinajstić information content (AvgIpc) is 2.31. The predicted octanol–water partition coefficient (Wildman–Crippen LogP) is 1.37. The molecule has 5 heteroatoms. The van der Waals surface area contributed by atoms with Gasteiger partial charge in [-0.1, -0.05) is 12.1 Å². The molecule has 0 radical (unpaired) electrons. The third kappa shape index (κ3) is 2.14. The molecular formula is C11H9N3O2. The van der Waals surface area contributed by atoms with E-state index in [-0.39, 0.29) is 0 Å². The smallest absolute Gasteiger partial charge is 0.252 e. The second kappa shape index (κ2) is 4.39. The molecule has 80 valence electrons. The van der Waals surface area contributed by atoms with Crippen molar-refractivity contribution in [2.24, 2.45) is 5.73 Å². The summed E-state index contributed by atoms with van der Waals surface area (Å²) in [5.74, 6) is 0.313. The number of para-hydroxylation sites is 1. The molecule has 1 amide bonds. The highest BCUT2D eigenvalue weighted by Crippen LogP contribution is 2.23. The molecule has 0 aliphatic carbocycles. The minimum Gasteiger partial charge on any atom is -0.453 e. The maximum Gasteiger partial charge on any atom is 0.252 e. The lowest BCUT2D eigenvalue weighted by molar-refractivity contribution is 0.0998. The first-order valence-electron chi connectivity index (χ1n) is 4.59. The Morgan fingerprint density at radius 2 is 1.88 bits per heavy atom. The fraction of sp³-hybridized carbons (Fsp3) is 0. The summed E-state index contributed by atoms with van der Waals surface area (Å²) >= 11 is 0. The van der Waals surface area contributed by atoms with Crippen LogP contribution in [-0.2, 0) is 0 Å². The van der Waals surface area contributed by atoms with Gasteiger partial charge in [0.05, 0.1) is 18.0 Å². The standard InChI is InChI=1S/C11H9N3O2/c12-11(15)9-3-1-2-4-10(9)16-8-5-13-7-14-6-8/h1-7H,(H2,12,15). The first kappa shape index (κ1) is 10.1. The van der Waals surface area contributed by atoms with Crippen molar-refractivity contribution >= 4 is 5.91 Å². The molecule has 0 saturated heterocycles. The Labute approximate surface area is 91.9 Å². The van der Waals surface area contributed by atoms with Crippen LogP contribution in [0.5, 0.6) is 11.5 Å². The summed E-state index contributed by atoms with van der Waals surface area (Å²) in [4.78, 5) is 18.7. The quantitative estimate of drug-likeness (QED) is 0.838. The van der Waals surface area contributed by atoms with E-state index in [2.05, 4.69) is 9.97 Å². The van der Waals surface area contributed by atoms with Gasteiger partial charge in [-0.3, -0.25) is 4.79 Å². The van der Waals surface area contributed by atoms with E-state index in [4.69, 9.17) is 10.5 Å². The van der Waals surface area contributed by atoms with Crippen molar-refractivity contribution in [2.45, 2.75) is 0 Å². The molecule has 0 bridgehead atoms. The van der Waals surface area contributed by atoms with Crippen LogP contribution in [0.2, 0.25) is 0 Å². The number of aromatic nitrogens is 2. The van der Waals surface area contributed by atoms with Crippen molar-refractivity contribution < 1.29 is 9.53 Å². The number of carbonyl (C=O) groups excluding carboxylic acids is 1. The van der Waals surface area contributed by atoms with Crippen LogP contribution >= 0.6 is 0 Å². The van der Waals surface area contributed by atoms with Gasteiger partial charge in [0.2, 0.25) is 0 Å². The van der Waals surface area contributed by atoms with Crippen LogP contribution in [0.4, 0.5) is 0 Å². The van der Waals surface area contributed by atoms with Gasteiger partial charge in [0, 0.05) is 0 Å². The average molecular weight is 215 g/mol. The van der Waals surface area contributed by atoms with Gasteiger partial charge < -0.3 is 10.5 Å². The van der Waals surface area contributed by atoms with E-state index in [0.29, 0.717) is 17.1 Å². The fourth-order valence-electron chi connectivity index (χ4n) is 1.22. The lowest BCUT2D eigenvalue weighted by Crippen LogP contribution is -2.11. The SMILES string of the molecule is NC(=O)c1ccccc1Oc1cncnc1. The van der Waals surface area contributed by atoms with Gasteiger partial charge in [-0.05, 0) is 12.1 Å². The number of nitrogens with zero attached hydrogens (tertiary/aromatic N) is 2. The third-order valence-corrected chi connectivity index (χ3v) is 1.92. The van der Waals surface area contributed by atoms with Gasteiger partial charge in [0.1, 0.15) is 12.1 Å². The van der Waals surface area contributed by atoms with Crippen molar-refractivity contribution in [1.29, 1.82) is 0 Å². The molecule has 0 spiro atoms. The van der Waals surface area contributed by atoms with Crippen LogP contribution in [0.15, 0.2) is 43.0 Å². The van der Waals surface area contributed by atoms with Crippen molar-refractivity contribution in [3.63, 3.8) is 0 Å². The minimum absolute atomic E-state index is 0.325. The van der Waals surface area contributed by atoms with Crippen LogP contribution in [0, 0.1) is 0 Å². The Morgan fingerprint density at radius 3 is 2.56 bits per heavy atom. The molecule has 5 nitrogen and oxygen atoms in total. The second-order valence-corrected chi connectivity index (χ2v) is 3.04.